The Morgan fingerprint density at radius 3 is 3.00 bits per heavy atom. The fraction of sp³-hybridized carbons (Fsp3) is 0.917. The zero-order chi connectivity index (χ0) is 13.2. The van der Waals surface area contributed by atoms with Crippen LogP contribution in [0.1, 0.15) is 13.3 Å². The van der Waals surface area contributed by atoms with Crippen LogP contribution in [0.2, 0.25) is 0 Å². The number of likely N-dealkylation sites (N-methyl/N-ethyl adjacent to an activating group) is 1. The quantitative estimate of drug-likeness (QED) is 0.469. The lowest BCUT2D eigenvalue weighted by Crippen LogP contribution is -2.44. The second-order valence-corrected chi connectivity index (χ2v) is 4.29. The highest BCUT2D eigenvalue weighted by molar-refractivity contribution is 5.79. The summed E-state index contributed by atoms with van der Waals surface area (Å²) in [6, 6.07) is 0.126. The molecular weight excluding hydrogens is 236 g/mol. The van der Waals surface area contributed by atoms with Crippen LogP contribution in [0, 0.1) is 5.92 Å². The van der Waals surface area contributed by atoms with E-state index in [2.05, 4.69) is 10.6 Å². The van der Waals surface area contributed by atoms with Crippen LogP contribution >= 0.6 is 0 Å². The van der Waals surface area contributed by atoms with Gasteiger partial charge >= 0.3 is 0 Å². The fourth-order valence-electron chi connectivity index (χ4n) is 1.96. The fourth-order valence-corrected chi connectivity index (χ4v) is 1.96. The van der Waals surface area contributed by atoms with Gasteiger partial charge in [0.25, 0.3) is 0 Å². The number of nitrogens with one attached hydrogen (secondary N) is 2. The van der Waals surface area contributed by atoms with Crippen LogP contribution in [0.4, 0.5) is 0 Å². The molecule has 1 saturated heterocycles. The minimum atomic E-state index is -0.0942. The zero-order valence-corrected chi connectivity index (χ0v) is 11.0. The highest BCUT2D eigenvalue weighted by atomic mass is 16.5. The van der Waals surface area contributed by atoms with Gasteiger partial charge in [-0.1, -0.05) is 6.92 Å². The molecule has 0 bridgehead atoms. The van der Waals surface area contributed by atoms with Gasteiger partial charge in [-0.05, 0) is 13.0 Å². The molecule has 0 radical (unpaired) electrons. The summed E-state index contributed by atoms with van der Waals surface area (Å²) in [5.74, 6) is -0.0519. The molecule has 0 aromatic rings. The maximum atomic E-state index is 11.9. The predicted octanol–water partition coefficient (Wildman–Crippen LogP) is -0.874. The van der Waals surface area contributed by atoms with Gasteiger partial charge in [0.15, 0.2) is 0 Å². The minimum Gasteiger partial charge on any atom is -0.394 e. The van der Waals surface area contributed by atoms with Crippen LogP contribution in [-0.2, 0) is 14.3 Å². The van der Waals surface area contributed by atoms with E-state index in [0.717, 1.165) is 13.0 Å². The van der Waals surface area contributed by atoms with Crippen LogP contribution in [0.5, 0.6) is 0 Å². The number of hydrogen-bond acceptors (Lipinski definition) is 5. The zero-order valence-electron chi connectivity index (χ0n) is 11.0. The Balaban J connectivity index is 2.12. The smallest absolute Gasteiger partial charge is 0.227 e. The summed E-state index contributed by atoms with van der Waals surface area (Å²) in [4.78, 5) is 11.9. The molecule has 1 aliphatic heterocycles. The van der Waals surface area contributed by atoms with E-state index in [4.69, 9.17) is 14.6 Å². The molecule has 0 aromatic heterocycles. The lowest BCUT2D eigenvalue weighted by atomic mass is 10.0. The molecule has 0 aliphatic carbocycles. The maximum absolute atomic E-state index is 11.9. The Bertz CT molecular complexity index is 238. The summed E-state index contributed by atoms with van der Waals surface area (Å²) < 4.78 is 10.4. The van der Waals surface area contributed by atoms with Crippen LogP contribution in [0.3, 0.4) is 0 Å². The van der Waals surface area contributed by atoms with E-state index in [1.807, 2.05) is 6.92 Å². The summed E-state index contributed by atoms with van der Waals surface area (Å²) in [6.45, 7) is 5.50. The molecule has 1 heterocycles. The summed E-state index contributed by atoms with van der Waals surface area (Å²) >= 11 is 0. The van der Waals surface area contributed by atoms with Crippen molar-refractivity contribution in [2.75, 3.05) is 46.1 Å². The first kappa shape index (κ1) is 15.4. The van der Waals surface area contributed by atoms with Crippen LogP contribution in [0.15, 0.2) is 0 Å². The van der Waals surface area contributed by atoms with Gasteiger partial charge < -0.3 is 25.2 Å². The number of rotatable bonds is 9. The summed E-state index contributed by atoms with van der Waals surface area (Å²) in [5, 5.41) is 14.7. The van der Waals surface area contributed by atoms with E-state index in [0.29, 0.717) is 33.0 Å². The second kappa shape index (κ2) is 9.27. The van der Waals surface area contributed by atoms with E-state index in [9.17, 15) is 4.79 Å². The standard InChI is InChI=1S/C12H24N2O4/c1-2-13-11-9-18-8-10(11)12(16)14-4-3-6-17-7-5-15/h10-11,13,15H,2-9H2,1H3,(H,14,16). The number of aliphatic hydroxyl groups is 1. The molecule has 0 spiro atoms. The van der Waals surface area contributed by atoms with Crippen LogP contribution in [0.25, 0.3) is 0 Å². The van der Waals surface area contributed by atoms with E-state index in [1.54, 1.807) is 0 Å². The highest BCUT2D eigenvalue weighted by Gasteiger charge is 2.32. The van der Waals surface area contributed by atoms with E-state index in [-0.39, 0.29) is 24.5 Å². The highest BCUT2D eigenvalue weighted by Crippen LogP contribution is 2.13. The van der Waals surface area contributed by atoms with Gasteiger partial charge in [0.05, 0.1) is 32.3 Å². The Labute approximate surface area is 108 Å². The maximum Gasteiger partial charge on any atom is 0.227 e. The van der Waals surface area contributed by atoms with Crippen molar-refractivity contribution in [2.45, 2.75) is 19.4 Å². The SMILES string of the molecule is CCNC1COCC1C(=O)NCCCOCCO. The van der Waals surface area contributed by atoms with Crippen molar-refractivity contribution in [2.24, 2.45) is 5.92 Å². The van der Waals surface area contributed by atoms with Gasteiger partial charge in [-0.25, -0.2) is 0 Å². The third-order valence-corrected chi connectivity index (χ3v) is 2.88. The molecular formula is C12H24N2O4. The molecule has 6 heteroatoms. The van der Waals surface area contributed by atoms with Crippen LogP contribution < -0.4 is 10.6 Å². The van der Waals surface area contributed by atoms with Gasteiger partial charge in [-0.15, -0.1) is 0 Å². The van der Waals surface area contributed by atoms with E-state index in [1.165, 1.54) is 0 Å². The van der Waals surface area contributed by atoms with Crippen molar-refractivity contribution >= 4 is 5.91 Å². The number of amides is 1. The summed E-state index contributed by atoms with van der Waals surface area (Å²) in [7, 11) is 0. The molecule has 1 rings (SSSR count). The van der Waals surface area contributed by atoms with Crippen molar-refractivity contribution in [3.8, 4) is 0 Å². The first-order chi connectivity index (χ1) is 8.79. The third-order valence-electron chi connectivity index (χ3n) is 2.88. The first-order valence-corrected chi connectivity index (χ1v) is 6.57. The number of ether oxygens (including phenoxy) is 2. The lowest BCUT2D eigenvalue weighted by Gasteiger charge is -2.17. The van der Waals surface area contributed by atoms with Crippen molar-refractivity contribution in [1.29, 1.82) is 0 Å². The summed E-state index contributed by atoms with van der Waals surface area (Å²) in [5.41, 5.74) is 0. The average Bonchev–Trinajstić information content (AvgIpc) is 2.82. The number of carbonyl (C=O) groups is 1. The van der Waals surface area contributed by atoms with Gasteiger partial charge in [0.1, 0.15) is 0 Å². The molecule has 3 N–H and O–H groups in total. The molecule has 6 nitrogen and oxygen atoms in total. The molecule has 2 unspecified atom stereocenters. The van der Waals surface area contributed by atoms with Crippen molar-refractivity contribution in [3.63, 3.8) is 0 Å². The van der Waals surface area contributed by atoms with Crippen molar-refractivity contribution in [1.82, 2.24) is 10.6 Å². The van der Waals surface area contributed by atoms with Gasteiger partial charge in [-0.3, -0.25) is 4.79 Å². The molecule has 106 valence electrons. The Morgan fingerprint density at radius 1 is 1.44 bits per heavy atom. The van der Waals surface area contributed by atoms with E-state index >= 15 is 0 Å². The van der Waals surface area contributed by atoms with E-state index < -0.39 is 0 Å². The van der Waals surface area contributed by atoms with Gasteiger partial charge in [-0.2, -0.15) is 0 Å². The second-order valence-electron chi connectivity index (χ2n) is 4.29. The Hall–Kier alpha value is -0.690. The molecule has 1 fully saturated rings. The van der Waals surface area contributed by atoms with Gasteiger partial charge in [0, 0.05) is 19.2 Å². The van der Waals surface area contributed by atoms with Crippen LogP contribution in [-0.4, -0.2) is 63.2 Å². The van der Waals surface area contributed by atoms with Crippen molar-refractivity contribution in [3.05, 3.63) is 0 Å². The monoisotopic (exact) mass is 260 g/mol. The average molecular weight is 260 g/mol. The molecule has 0 aromatic carbocycles. The Morgan fingerprint density at radius 2 is 2.28 bits per heavy atom. The molecule has 2 atom stereocenters. The van der Waals surface area contributed by atoms with Gasteiger partial charge in [0.2, 0.25) is 5.91 Å². The third kappa shape index (κ3) is 5.30. The summed E-state index contributed by atoms with van der Waals surface area (Å²) in [6.07, 6.45) is 0.755. The Kier molecular flexibility index (Phi) is 7.91. The predicted molar refractivity (Wildman–Crippen MR) is 67.3 cm³/mol. The number of hydrogen-bond donors (Lipinski definition) is 3. The number of aliphatic hydroxyl groups excluding tert-OH is 1. The molecule has 0 saturated carbocycles. The number of carbonyl (C=O) groups excluding carboxylic acids is 1. The first-order valence-electron chi connectivity index (χ1n) is 6.57. The molecule has 1 aliphatic rings. The largest absolute Gasteiger partial charge is 0.394 e. The lowest BCUT2D eigenvalue weighted by molar-refractivity contribution is -0.125. The normalized spacial score (nSPS) is 23.2. The molecule has 1 amide bonds. The minimum absolute atomic E-state index is 0.0378. The molecule has 18 heavy (non-hydrogen) atoms. The van der Waals surface area contributed by atoms with Crippen molar-refractivity contribution < 1.29 is 19.4 Å². The topological polar surface area (TPSA) is 79.8 Å².